The molecule has 1 amide bonds. The van der Waals surface area contributed by atoms with Crippen molar-refractivity contribution in [3.63, 3.8) is 0 Å². The number of ketones is 1. The molecule has 1 atom stereocenters. The zero-order valence-corrected chi connectivity index (χ0v) is 16.2. The van der Waals surface area contributed by atoms with Gasteiger partial charge >= 0.3 is 0 Å². The Morgan fingerprint density at radius 3 is 2.29 bits per heavy atom. The summed E-state index contributed by atoms with van der Waals surface area (Å²) in [5.74, 6) is -2.74. The second-order valence-corrected chi connectivity index (χ2v) is 7.72. The van der Waals surface area contributed by atoms with Crippen LogP contribution in [0, 0.1) is 5.82 Å². The monoisotopic (exact) mass is 383 g/mol. The molecule has 0 spiro atoms. The van der Waals surface area contributed by atoms with Crippen molar-refractivity contribution >= 4 is 17.4 Å². The van der Waals surface area contributed by atoms with Crippen molar-refractivity contribution in [3.8, 4) is 5.75 Å². The van der Waals surface area contributed by atoms with Crippen LogP contribution in [-0.4, -0.2) is 23.9 Å². The lowest BCUT2D eigenvalue weighted by atomic mass is 9.85. The molecule has 1 heterocycles. The minimum absolute atomic E-state index is 0.0165. The molecule has 6 heteroatoms. The molecule has 5 nitrogen and oxygen atoms in total. The first-order chi connectivity index (χ1) is 13.1. The third-order valence-electron chi connectivity index (χ3n) is 4.81. The second kappa shape index (κ2) is 7.11. The molecule has 1 fully saturated rings. The lowest BCUT2D eigenvalue weighted by molar-refractivity contribution is -0.133. The first-order valence-corrected chi connectivity index (χ1v) is 8.86. The van der Waals surface area contributed by atoms with E-state index in [4.69, 9.17) is 4.74 Å². The van der Waals surface area contributed by atoms with Gasteiger partial charge in [-0.2, -0.15) is 0 Å². The third-order valence-corrected chi connectivity index (χ3v) is 4.81. The van der Waals surface area contributed by atoms with E-state index < -0.39 is 29.3 Å². The number of hydrogen-bond donors (Lipinski definition) is 2. The van der Waals surface area contributed by atoms with Crippen molar-refractivity contribution in [3.05, 3.63) is 70.5 Å². The van der Waals surface area contributed by atoms with Crippen LogP contribution < -0.4 is 10.1 Å². The van der Waals surface area contributed by atoms with Gasteiger partial charge in [0.25, 0.3) is 11.7 Å². The predicted octanol–water partition coefficient (Wildman–Crippen LogP) is 3.84. The van der Waals surface area contributed by atoms with Crippen LogP contribution in [-0.2, 0) is 15.0 Å². The molecule has 0 bridgehead atoms. The van der Waals surface area contributed by atoms with E-state index >= 15 is 0 Å². The highest BCUT2D eigenvalue weighted by molar-refractivity contribution is 6.46. The fraction of sp³-hybridized carbons (Fsp3) is 0.273. The summed E-state index contributed by atoms with van der Waals surface area (Å²) in [6, 6.07) is 10.5. The number of Topliss-reactive ketones (excluding diaryl/α,β-unsaturated/α-hetero) is 1. The molecule has 2 aromatic rings. The van der Waals surface area contributed by atoms with Gasteiger partial charge in [0.15, 0.2) is 11.6 Å². The number of benzene rings is 2. The van der Waals surface area contributed by atoms with E-state index in [1.165, 1.54) is 19.2 Å². The molecule has 146 valence electrons. The molecule has 3 rings (SSSR count). The van der Waals surface area contributed by atoms with Crippen LogP contribution in [0.1, 0.15) is 43.5 Å². The van der Waals surface area contributed by atoms with Crippen LogP contribution in [0.15, 0.2) is 48.0 Å². The molecule has 1 aliphatic rings. The molecular formula is C22H22FNO4. The lowest BCUT2D eigenvalue weighted by Crippen LogP contribution is -2.21. The van der Waals surface area contributed by atoms with E-state index in [1.807, 2.05) is 24.3 Å². The number of nitrogens with one attached hydrogen (secondary N) is 1. The number of amides is 1. The van der Waals surface area contributed by atoms with E-state index in [0.717, 1.165) is 11.6 Å². The zero-order chi connectivity index (χ0) is 20.6. The average Bonchev–Trinajstić information content (AvgIpc) is 2.95. The standard InChI is InChI=1S/C22H22FNO4/c1-22(2,3)14-8-5-12(6-9-14)18-17(20(26)21(27)24-18)19(25)13-7-10-16(28-4)15(23)11-13/h5-11,18,25H,1-4H3,(H,24,27). The highest BCUT2D eigenvalue weighted by Gasteiger charge is 2.39. The first-order valence-electron chi connectivity index (χ1n) is 8.86. The Bertz CT molecular complexity index is 971. The molecule has 0 radical (unpaired) electrons. The Hall–Kier alpha value is -3.15. The third kappa shape index (κ3) is 3.50. The van der Waals surface area contributed by atoms with E-state index in [0.29, 0.717) is 5.56 Å². The Morgan fingerprint density at radius 2 is 1.75 bits per heavy atom. The number of rotatable bonds is 3. The van der Waals surface area contributed by atoms with E-state index in [1.54, 1.807) is 0 Å². The minimum Gasteiger partial charge on any atom is -0.507 e. The fourth-order valence-corrected chi connectivity index (χ4v) is 3.16. The molecule has 2 aromatic carbocycles. The van der Waals surface area contributed by atoms with Gasteiger partial charge in [-0.15, -0.1) is 0 Å². The molecule has 1 aliphatic heterocycles. The van der Waals surface area contributed by atoms with Crippen molar-refractivity contribution in [1.29, 1.82) is 0 Å². The van der Waals surface area contributed by atoms with Gasteiger partial charge in [-0.3, -0.25) is 9.59 Å². The van der Waals surface area contributed by atoms with Crippen molar-refractivity contribution in [2.45, 2.75) is 32.2 Å². The molecule has 0 aromatic heterocycles. The smallest absolute Gasteiger partial charge is 0.293 e. The Balaban J connectivity index is 2.06. The van der Waals surface area contributed by atoms with Crippen molar-refractivity contribution in [1.82, 2.24) is 5.32 Å². The van der Waals surface area contributed by atoms with Gasteiger partial charge in [0.05, 0.1) is 18.7 Å². The highest BCUT2D eigenvalue weighted by Crippen LogP contribution is 2.34. The Labute approximate surface area is 162 Å². The predicted molar refractivity (Wildman–Crippen MR) is 104 cm³/mol. The topological polar surface area (TPSA) is 75.6 Å². The number of aliphatic hydroxyl groups is 1. The van der Waals surface area contributed by atoms with E-state index in [2.05, 4.69) is 26.1 Å². The van der Waals surface area contributed by atoms with Crippen molar-refractivity contribution < 1.29 is 23.8 Å². The number of methoxy groups -OCH3 is 1. The normalized spacial score (nSPS) is 18.8. The van der Waals surface area contributed by atoms with Gasteiger partial charge in [0.2, 0.25) is 0 Å². The number of hydrogen-bond acceptors (Lipinski definition) is 4. The van der Waals surface area contributed by atoms with E-state index in [9.17, 15) is 19.1 Å². The number of carbonyl (C=O) groups excluding carboxylic acids is 2. The van der Waals surface area contributed by atoms with Crippen molar-refractivity contribution in [2.75, 3.05) is 7.11 Å². The van der Waals surface area contributed by atoms with Crippen molar-refractivity contribution in [2.24, 2.45) is 0 Å². The summed E-state index contributed by atoms with van der Waals surface area (Å²) in [5.41, 5.74) is 1.70. The summed E-state index contributed by atoms with van der Waals surface area (Å²) in [4.78, 5) is 24.4. The maximum absolute atomic E-state index is 14.0. The van der Waals surface area contributed by atoms with Crippen LogP contribution in [0.5, 0.6) is 5.75 Å². The van der Waals surface area contributed by atoms with Gasteiger partial charge < -0.3 is 15.2 Å². The number of halogens is 1. The maximum Gasteiger partial charge on any atom is 0.293 e. The summed E-state index contributed by atoms with van der Waals surface area (Å²) in [7, 11) is 1.33. The average molecular weight is 383 g/mol. The number of carbonyl (C=O) groups is 2. The van der Waals surface area contributed by atoms with Crippen LogP contribution in [0.2, 0.25) is 0 Å². The van der Waals surface area contributed by atoms with E-state index in [-0.39, 0.29) is 22.3 Å². The summed E-state index contributed by atoms with van der Waals surface area (Å²) >= 11 is 0. The summed E-state index contributed by atoms with van der Waals surface area (Å²) < 4.78 is 18.9. The Kier molecular flexibility index (Phi) is 4.98. The van der Waals surface area contributed by atoms with Crippen LogP contribution in [0.3, 0.4) is 0 Å². The molecule has 0 saturated carbocycles. The minimum atomic E-state index is -0.835. The second-order valence-electron chi connectivity index (χ2n) is 7.72. The van der Waals surface area contributed by atoms with Crippen LogP contribution in [0.4, 0.5) is 4.39 Å². The molecular weight excluding hydrogens is 361 g/mol. The zero-order valence-electron chi connectivity index (χ0n) is 16.2. The van der Waals surface area contributed by atoms with Gasteiger partial charge in [-0.05, 0) is 34.7 Å². The molecule has 28 heavy (non-hydrogen) atoms. The molecule has 0 aliphatic carbocycles. The van der Waals surface area contributed by atoms with Gasteiger partial charge in [0.1, 0.15) is 5.76 Å². The lowest BCUT2D eigenvalue weighted by Gasteiger charge is -2.20. The highest BCUT2D eigenvalue weighted by atomic mass is 19.1. The maximum atomic E-state index is 14.0. The van der Waals surface area contributed by atoms with Gasteiger partial charge in [-0.25, -0.2) is 4.39 Å². The van der Waals surface area contributed by atoms with Gasteiger partial charge in [-0.1, -0.05) is 45.0 Å². The van der Waals surface area contributed by atoms with Gasteiger partial charge in [0, 0.05) is 5.56 Å². The quantitative estimate of drug-likeness (QED) is 0.480. The molecule has 1 saturated heterocycles. The number of ether oxygens (including phenoxy) is 1. The largest absolute Gasteiger partial charge is 0.507 e. The fourth-order valence-electron chi connectivity index (χ4n) is 3.16. The molecule has 2 N–H and O–H groups in total. The summed E-state index contributed by atoms with van der Waals surface area (Å²) in [6.45, 7) is 6.24. The Morgan fingerprint density at radius 1 is 1.11 bits per heavy atom. The first kappa shape index (κ1) is 19.6. The molecule has 1 unspecified atom stereocenters. The SMILES string of the molecule is COc1ccc(C(O)=C2C(=O)C(=O)NC2c2ccc(C(C)(C)C)cc2)cc1F. The summed E-state index contributed by atoms with van der Waals surface area (Å²) in [5, 5.41) is 13.3. The van der Waals surface area contributed by atoms with Crippen LogP contribution in [0.25, 0.3) is 5.76 Å². The van der Waals surface area contributed by atoms with Crippen LogP contribution >= 0.6 is 0 Å². The number of aliphatic hydroxyl groups excluding tert-OH is 1. The summed E-state index contributed by atoms with van der Waals surface area (Å²) in [6.07, 6.45) is 0.